The average molecular weight is 337 g/mol. The second kappa shape index (κ2) is 6.02. The summed E-state index contributed by atoms with van der Waals surface area (Å²) in [7, 11) is 0. The Hall–Kier alpha value is -1.92. The Morgan fingerprint density at radius 1 is 1.35 bits per heavy atom. The van der Waals surface area contributed by atoms with Crippen LogP contribution in [0.5, 0.6) is 11.5 Å². The third-order valence-electron chi connectivity index (χ3n) is 2.85. The molecule has 0 aromatic heterocycles. The number of hydrogen-bond donors (Lipinski definition) is 1. The third kappa shape index (κ3) is 2.97. The quantitative estimate of drug-likeness (QED) is 0.677. The minimum absolute atomic E-state index is 0.0621. The van der Waals surface area contributed by atoms with E-state index in [1.54, 1.807) is 25.1 Å². The van der Waals surface area contributed by atoms with E-state index < -0.39 is 4.92 Å². The number of hydrogen-bond acceptors (Lipinski definition) is 4. The molecule has 2 N–H and O–H groups in total. The van der Waals surface area contributed by atoms with Crippen LogP contribution in [0.4, 0.5) is 5.69 Å². The second-order valence-corrected chi connectivity index (χ2v) is 5.15. The number of nitrogens with zero attached hydrogens (tertiary/aromatic N) is 1. The zero-order valence-electron chi connectivity index (χ0n) is 10.8. The molecule has 5 nitrogen and oxygen atoms in total. The van der Waals surface area contributed by atoms with Gasteiger partial charge < -0.3 is 10.5 Å². The van der Waals surface area contributed by atoms with Crippen molar-refractivity contribution < 1.29 is 9.66 Å². The van der Waals surface area contributed by atoms with E-state index in [0.717, 1.165) is 10.0 Å². The second-order valence-electron chi connectivity index (χ2n) is 4.24. The lowest BCUT2D eigenvalue weighted by Gasteiger charge is -2.12. The number of nitro benzene ring substituents is 1. The van der Waals surface area contributed by atoms with Crippen LogP contribution < -0.4 is 10.5 Å². The van der Waals surface area contributed by atoms with Crippen LogP contribution >= 0.6 is 15.9 Å². The minimum Gasteiger partial charge on any atom is -0.449 e. The lowest BCUT2D eigenvalue weighted by Crippen LogP contribution is -2.01. The Morgan fingerprint density at radius 3 is 2.75 bits per heavy atom. The van der Waals surface area contributed by atoms with Crippen molar-refractivity contribution >= 4 is 21.6 Å². The van der Waals surface area contributed by atoms with Gasteiger partial charge in [0.15, 0.2) is 0 Å². The van der Waals surface area contributed by atoms with Gasteiger partial charge in [0.2, 0.25) is 5.75 Å². The molecule has 0 saturated carbocycles. The first kappa shape index (κ1) is 14.5. The highest BCUT2D eigenvalue weighted by Crippen LogP contribution is 2.36. The summed E-state index contributed by atoms with van der Waals surface area (Å²) in [4.78, 5) is 10.6. The van der Waals surface area contributed by atoms with Gasteiger partial charge in [0, 0.05) is 22.6 Å². The molecule has 0 bridgehead atoms. The zero-order valence-corrected chi connectivity index (χ0v) is 12.4. The molecule has 2 aromatic rings. The van der Waals surface area contributed by atoms with Gasteiger partial charge in [-0.15, -0.1) is 0 Å². The van der Waals surface area contributed by atoms with Crippen molar-refractivity contribution in [2.75, 3.05) is 0 Å². The van der Waals surface area contributed by atoms with Crippen molar-refractivity contribution in [3.8, 4) is 11.5 Å². The molecule has 0 fully saturated rings. The molecule has 0 aliphatic heterocycles. The van der Waals surface area contributed by atoms with Gasteiger partial charge in [0.25, 0.3) is 0 Å². The maximum absolute atomic E-state index is 11.1. The van der Waals surface area contributed by atoms with E-state index >= 15 is 0 Å². The SMILES string of the molecule is Cc1cccc([N+](=O)[O-])c1Oc1cc(Br)ccc1CN. The Morgan fingerprint density at radius 2 is 2.10 bits per heavy atom. The van der Waals surface area contributed by atoms with Crippen LogP contribution in [0.1, 0.15) is 11.1 Å². The topological polar surface area (TPSA) is 78.4 Å². The Balaban J connectivity index is 2.50. The van der Waals surface area contributed by atoms with E-state index in [9.17, 15) is 10.1 Å². The van der Waals surface area contributed by atoms with Gasteiger partial charge in [-0.3, -0.25) is 10.1 Å². The van der Waals surface area contributed by atoms with Crippen molar-refractivity contribution in [1.82, 2.24) is 0 Å². The van der Waals surface area contributed by atoms with Gasteiger partial charge in [-0.1, -0.05) is 34.1 Å². The van der Waals surface area contributed by atoms with Crippen LogP contribution in [0.15, 0.2) is 40.9 Å². The van der Waals surface area contributed by atoms with Gasteiger partial charge in [-0.25, -0.2) is 0 Å². The maximum Gasteiger partial charge on any atom is 0.311 e. The van der Waals surface area contributed by atoms with Crippen molar-refractivity contribution in [3.63, 3.8) is 0 Å². The van der Waals surface area contributed by atoms with Crippen molar-refractivity contribution in [2.24, 2.45) is 5.73 Å². The van der Waals surface area contributed by atoms with Crippen LogP contribution in [0.2, 0.25) is 0 Å². The molecule has 0 aliphatic rings. The molecule has 104 valence electrons. The lowest BCUT2D eigenvalue weighted by molar-refractivity contribution is -0.385. The van der Waals surface area contributed by atoms with Crippen LogP contribution in [-0.2, 0) is 6.54 Å². The molecule has 2 aromatic carbocycles. The van der Waals surface area contributed by atoms with E-state index in [-0.39, 0.29) is 11.4 Å². The zero-order chi connectivity index (χ0) is 14.7. The summed E-state index contributed by atoms with van der Waals surface area (Å²) in [5.74, 6) is 0.754. The normalized spacial score (nSPS) is 10.3. The molecule has 0 atom stereocenters. The molecule has 20 heavy (non-hydrogen) atoms. The lowest BCUT2D eigenvalue weighted by atomic mass is 10.1. The number of para-hydroxylation sites is 1. The highest BCUT2D eigenvalue weighted by atomic mass is 79.9. The summed E-state index contributed by atoms with van der Waals surface area (Å²) in [5.41, 5.74) is 7.08. The molecule has 0 unspecified atom stereocenters. The highest BCUT2D eigenvalue weighted by molar-refractivity contribution is 9.10. The monoisotopic (exact) mass is 336 g/mol. The molecule has 0 amide bonds. The molecular formula is C14H13BrN2O3. The standard InChI is InChI=1S/C14H13BrN2O3/c1-9-3-2-4-12(17(18)19)14(9)20-13-7-11(15)6-5-10(13)8-16/h2-7H,8,16H2,1H3. The Labute approximate surface area is 124 Å². The van der Waals surface area contributed by atoms with E-state index in [2.05, 4.69) is 15.9 Å². The first-order valence-corrected chi connectivity index (χ1v) is 6.72. The van der Waals surface area contributed by atoms with Crippen LogP contribution in [0.25, 0.3) is 0 Å². The van der Waals surface area contributed by atoms with Gasteiger partial charge in [-0.2, -0.15) is 0 Å². The fourth-order valence-electron chi connectivity index (χ4n) is 1.82. The van der Waals surface area contributed by atoms with E-state index in [4.69, 9.17) is 10.5 Å². The summed E-state index contributed by atoms with van der Waals surface area (Å²) in [6, 6.07) is 10.2. The predicted octanol–water partition coefficient (Wildman–Crippen LogP) is 3.92. The maximum atomic E-state index is 11.1. The number of nitro groups is 1. The predicted molar refractivity (Wildman–Crippen MR) is 79.9 cm³/mol. The Bertz CT molecular complexity index is 659. The molecule has 2 rings (SSSR count). The highest BCUT2D eigenvalue weighted by Gasteiger charge is 2.18. The molecule has 0 heterocycles. The van der Waals surface area contributed by atoms with Gasteiger partial charge in [-0.05, 0) is 24.6 Å². The number of aryl methyl sites for hydroxylation is 1. The molecule has 0 saturated heterocycles. The molecule has 0 spiro atoms. The molecule has 0 aliphatic carbocycles. The molecular weight excluding hydrogens is 324 g/mol. The first-order valence-electron chi connectivity index (χ1n) is 5.93. The molecule has 0 radical (unpaired) electrons. The molecule has 6 heteroatoms. The van der Waals surface area contributed by atoms with Crippen LogP contribution in [0, 0.1) is 17.0 Å². The smallest absolute Gasteiger partial charge is 0.311 e. The Kier molecular flexibility index (Phi) is 4.36. The third-order valence-corrected chi connectivity index (χ3v) is 3.34. The number of ether oxygens (including phenoxy) is 1. The van der Waals surface area contributed by atoms with E-state index in [0.29, 0.717) is 17.9 Å². The number of nitrogens with two attached hydrogens (primary N) is 1. The van der Waals surface area contributed by atoms with Crippen molar-refractivity contribution in [3.05, 3.63) is 62.1 Å². The summed E-state index contributed by atoms with van der Waals surface area (Å²) >= 11 is 3.35. The summed E-state index contributed by atoms with van der Waals surface area (Å²) < 4.78 is 6.57. The summed E-state index contributed by atoms with van der Waals surface area (Å²) in [6.07, 6.45) is 0. The van der Waals surface area contributed by atoms with E-state index in [1.807, 2.05) is 12.1 Å². The van der Waals surface area contributed by atoms with Crippen molar-refractivity contribution in [1.29, 1.82) is 0 Å². The van der Waals surface area contributed by atoms with Gasteiger partial charge in [0.05, 0.1) is 4.92 Å². The van der Waals surface area contributed by atoms with E-state index in [1.165, 1.54) is 6.07 Å². The van der Waals surface area contributed by atoms with Crippen LogP contribution in [-0.4, -0.2) is 4.92 Å². The summed E-state index contributed by atoms with van der Waals surface area (Å²) in [5, 5.41) is 11.1. The number of halogens is 1. The largest absolute Gasteiger partial charge is 0.449 e. The fraction of sp³-hybridized carbons (Fsp3) is 0.143. The van der Waals surface area contributed by atoms with Gasteiger partial charge >= 0.3 is 5.69 Å². The van der Waals surface area contributed by atoms with Gasteiger partial charge in [0.1, 0.15) is 5.75 Å². The minimum atomic E-state index is -0.456. The fourth-order valence-corrected chi connectivity index (χ4v) is 2.16. The average Bonchev–Trinajstić information content (AvgIpc) is 2.41. The first-order chi connectivity index (χ1) is 9.52. The van der Waals surface area contributed by atoms with Crippen LogP contribution in [0.3, 0.4) is 0 Å². The summed E-state index contributed by atoms with van der Waals surface area (Å²) in [6.45, 7) is 2.06. The number of benzene rings is 2. The van der Waals surface area contributed by atoms with Crippen molar-refractivity contribution in [2.45, 2.75) is 13.5 Å². The number of rotatable bonds is 4.